The molecule has 0 radical (unpaired) electrons. The normalized spacial score (nSPS) is 42.9. The van der Waals surface area contributed by atoms with E-state index in [1.807, 2.05) is 0 Å². The van der Waals surface area contributed by atoms with Crippen LogP contribution in [-0.2, 0) is 4.79 Å². The van der Waals surface area contributed by atoms with Crippen molar-refractivity contribution in [3.8, 4) is 0 Å². The van der Waals surface area contributed by atoms with Gasteiger partial charge in [0.05, 0.1) is 0 Å². The lowest BCUT2D eigenvalue weighted by atomic mass is 9.51. The second kappa shape index (κ2) is 3.83. The SMILES string of the molecule is C[C@@H]1C(=O)CC[C@]2(CO)CCC(C)(C)C[C@H]12. The Kier molecular flexibility index (Phi) is 2.90. The van der Waals surface area contributed by atoms with Gasteiger partial charge in [-0.05, 0) is 42.4 Å². The van der Waals surface area contributed by atoms with E-state index in [4.69, 9.17) is 0 Å². The van der Waals surface area contributed by atoms with Gasteiger partial charge in [-0.15, -0.1) is 0 Å². The predicted molar refractivity (Wildman–Crippen MR) is 64.0 cm³/mol. The van der Waals surface area contributed by atoms with Crippen LogP contribution in [0.25, 0.3) is 0 Å². The van der Waals surface area contributed by atoms with Crippen LogP contribution < -0.4 is 0 Å². The largest absolute Gasteiger partial charge is 0.396 e. The van der Waals surface area contributed by atoms with Crippen molar-refractivity contribution in [3.63, 3.8) is 0 Å². The third-order valence-corrected chi connectivity index (χ3v) is 5.15. The number of hydrogen-bond acceptors (Lipinski definition) is 2. The van der Waals surface area contributed by atoms with Gasteiger partial charge < -0.3 is 5.11 Å². The molecule has 2 aliphatic rings. The Hall–Kier alpha value is -0.370. The van der Waals surface area contributed by atoms with Crippen LogP contribution in [0.5, 0.6) is 0 Å². The first-order valence-electron chi connectivity index (χ1n) is 6.54. The minimum absolute atomic E-state index is 0.0584. The molecule has 0 heterocycles. The zero-order valence-electron chi connectivity index (χ0n) is 10.8. The van der Waals surface area contributed by atoms with Gasteiger partial charge in [0.25, 0.3) is 0 Å². The van der Waals surface area contributed by atoms with E-state index in [1.165, 1.54) is 6.42 Å². The number of Topliss-reactive ketones (excluding diaryl/α,β-unsaturated/α-hetero) is 1. The van der Waals surface area contributed by atoms with Gasteiger partial charge in [0.1, 0.15) is 5.78 Å². The molecule has 1 N–H and O–H groups in total. The lowest BCUT2D eigenvalue weighted by molar-refractivity contribution is -0.139. The van der Waals surface area contributed by atoms with E-state index in [1.54, 1.807) is 0 Å². The molecule has 2 heteroatoms. The zero-order valence-corrected chi connectivity index (χ0v) is 10.8. The first-order chi connectivity index (χ1) is 7.40. The summed E-state index contributed by atoms with van der Waals surface area (Å²) >= 11 is 0. The summed E-state index contributed by atoms with van der Waals surface area (Å²) in [5.41, 5.74) is 0.401. The van der Waals surface area contributed by atoms with Crippen molar-refractivity contribution in [1.82, 2.24) is 0 Å². The van der Waals surface area contributed by atoms with Crippen LogP contribution in [0.1, 0.15) is 52.9 Å². The van der Waals surface area contributed by atoms with Crippen molar-refractivity contribution < 1.29 is 9.90 Å². The maximum atomic E-state index is 11.8. The van der Waals surface area contributed by atoms with E-state index in [0.717, 1.165) is 19.3 Å². The highest BCUT2D eigenvalue weighted by Crippen LogP contribution is 2.56. The molecule has 2 nitrogen and oxygen atoms in total. The standard InChI is InChI=1S/C14H24O2/c1-10-11-8-13(2,3)6-7-14(11,9-15)5-4-12(10)16/h10-11,15H,4-9H2,1-3H3/t10-,11+,14+/m0/s1. The smallest absolute Gasteiger partial charge is 0.136 e. The summed E-state index contributed by atoms with van der Waals surface area (Å²) in [7, 11) is 0. The molecule has 0 amide bonds. The molecule has 2 aliphatic carbocycles. The fraction of sp³-hybridized carbons (Fsp3) is 0.929. The van der Waals surface area contributed by atoms with Crippen LogP contribution in [0.4, 0.5) is 0 Å². The molecule has 0 unspecified atom stereocenters. The van der Waals surface area contributed by atoms with Crippen LogP contribution in [0.2, 0.25) is 0 Å². The van der Waals surface area contributed by atoms with Crippen LogP contribution in [-0.4, -0.2) is 17.5 Å². The number of carbonyl (C=O) groups is 1. The monoisotopic (exact) mass is 224 g/mol. The lowest BCUT2D eigenvalue weighted by Gasteiger charge is -2.53. The minimum Gasteiger partial charge on any atom is -0.396 e. The highest BCUT2D eigenvalue weighted by molar-refractivity contribution is 5.82. The topological polar surface area (TPSA) is 37.3 Å². The summed E-state index contributed by atoms with van der Waals surface area (Å²) in [5.74, 6) is 0.967. The Balaban J connectivity index is 2.27. The molecule has 16 heavy (non-hydrogen) atoms. The second-order valence-electron chi connectivity index (χ2n) is 6.75. The van der Waals surface area contributed by atoms with E-state index in [-0.39, 0.29) is 17.9 Å². The molecule has 92 valence electrons. The van der Waals surface area contributed by atoms with Gasteiger partial charge in [0, 0.05) is 18.9 Å². The van der Waals surface area contributed by atoms with E-state index in [0.29, 0.717) is 23.5 Å². The van der Waals surface area contributed by atoms with Gasteiger partial charge in [0.15, 0.2) is 0 Å². The van der Waals surface area contributed by atoms with Crippen molar-refractivity contribution in [2.75, 3.05) is 6.61 Å². The highest BCUT2D eigenvalue weighted by atomic mass is 16.3. The van der Waals surface area contributed by atoms with Crippen molar-refractivity contribution in [3.05, 3.63) is 0 Å². The number of rotatable bonds is 1. The maximum absolute atomic E-state index is 11.8. The summed E-state index contributed by atoms with van der Waals surface area (Å²) in [6, 6.07) is 0. The molecule has 0 bridgehead atoms. The summed E-state index contributed by atoms with van der Waals surface area (Å²) in [6.07, 6.45) is 4.97. The molecule has 0 aromatic carbocycles. The molecule has 2 fully saturated rings. The number of fused-ring (bicyclic) bond motifs is 1. The summed E-state index contributed by atoms with van der Waals surface area (Å²) < 4.78 is 0. The van der Waals surface area contributed by atoms with Crippen LogP contribution in [0.15, 0.2) is 0 Å². The van der Waals surface area contributed by atoms with E-state index >= 15 is 0 Å². The third-order valence-electron chi connectivity index (χ3n) is 5.15. The van der Waals surface area contributed by atoms with Crippen molar-refractivity contribution in [2.45, 2.75) is 52.9 Å². The molecule has 3 atom stereocenters. The second-order valence-corrected chi connectivity index (χ2v) is 6.75. The average Bonchev–Trinajstić information content (AvgIpc) is 2.24. The van der Waals surface area contributed by atoms with Gasteiger partial charge in [-0.25, -0.2) is 0 Å². The predicted octanol–water partition coefficient (Wildman–Crippen LogP) is 2.79. The first-order valence-corrected chi connectivity index (χ1v) is 6.54. The Bertz CT molecular complexity index is 295. The quantitative estimate of drug-likeness (QED) is 0.743. The Morgan fingerprint density at radius 2 is 2.00 bits per heavy atom. The summed E-state index contributed by atoms with van der Waals surface area (Å²) in [6.45, 7) is 6.92. The zero-order chi connectivity index (χ0) is 12.0. The molecular weight excluding hydrogens is 200 g/mol. The molecular formula is C14H24O2. The molecule has 0 saturated heterocycles. The van der Waals surface area contributed by atoms with Crippen molar-refractivity contribution in [1.29, 1.82) is 0 Å². The summed E-state index contributed by atoms with van der Waals surface area (Å²) in [4.78, 5) is 11.8. The van der Waals surface area contributed by atoms with Crippen molar-refractivity contribution >= 4 is 5.78 Å². The van der Waals surface area contributed by atoms with Crippen molar-refractivity contribution in [2.24, 2.45) is 22.7 Å². The van der Waals surface area contributed by atoms with Gasteiger partial charge >= 0.3 is 0 Å². The molecule has 0 spiro atoms. The van der Waals surface area contributed by atoms with Gasteiger partial charge in [-0.3, -0.25) is 4.79 Å². The van der Waals surface area contributed by atoms with E-state index < -0.39 is 0 Å². The van der Waals surface area contributed by atoms with Gasteiger partial charge in [-0.1, -0.05) is 20.8 Å². The Labute approximate surface area is 98.4 Å². The van der Waals surface area contributed by atoms with Gasteiger partial charge in [-0.2, -0.15) is 0 Å². The highest BCUT2D eigenvalue weighted by Gasteiger charge is 2.51. The Morgan fingerprint density at radius 3 is 2.62 bits per heavy atom. The molecule has 2 rings (SSSR count). The van der Waals surface area contributed by atoms with Crippen LogP contribution >= 0.6 is 0 Å². The van der Waals surface area contributed by atoms with Gasteiger partial charge in [0.2, 0.25) is 0 Å². The summed E-state index contributed by atoms with van der Waals surface area (Å²) in [5, 5.41) is 9.74. The fourth-order valence-corrected chi connectivity index (χ4v) is 3.80. The number of carbonyl (C=O) groups excluding carboxylic acids is 1. The molecule has 2 saturated carbocycles. The van der Waals surface area contributed by atoms with Crippen LogP contribution in [0, 0.1) is 22.7 Å². The molecule has 0 aliphatic heterocycles. The molecule has 0 aromatic rings. The molecule has 0 aromatic heterocycles. The number of hydrogen-bond donors (Lipinski definition) is 1. The van der Waals surface area contributed by atoms with Crippen LogP contribution in [0.3, 0.4) is 0 Å². The number of aliphatic hydroxyl groups is 1. The maximum Gasteiger partial charge on any atom is 0.136 e. The Morgan fingerprint density at radius 1 is 1.31 bits per heavy atom. The minimum atomic E-state index is 0.0584. The average molecular weight is 224 g/mol. The van der Waals surface area contributed by atoms with E-state index in [2.05, 4.69) is 20.8 Å². The number of aliphatic hydroxyl groups excluding tert-OH is 1. The fourth-order valence-electron chi connectivity index (χ4n) is 3.80. The van der Waals surface area contributed by atoms with E-state index in [9.17, 15) is 9.90 Å². The first kappa shape index (κ1) is 12.1. The number of ketones is 1. The third kappa shape index (κ3) is 1.81. The lowest BCUT2D eigenvalue weighted by Crippen LogP contribution is -2.50.